The van der Waals surface area contributed by atoms with Crippen LogP contribution in [0.1, 0.15) is 44.1 Å². The van der Waals surface area contributed by atoms with Crippen LogP contribution >= 0.6 is 15.9 Å². The number of carbonyl (C=O) groups is 1. The Morgan fingerprint density at radius 1 is 1.30 bits per heavy atom. The van der Waals surface area contributed by atoms with E-state index in [4.69, 9.17) is 0 Å². The van der Waals surface area contributed by atoms with Crippen molar-refractivity contribution in [1.82, 2.24) is 5.43 Å². The molecule has 0 radical (unpaired) electrons. The van der Waals surface area contributed by atoms with E-state index in [1.807, 2.05) is 24.3 Å². The van der Waals surface area contributed by atoms with Crippen molar-refractivity contribution in [2.75, 3.05) is 0 Å². The highest BCUT2D eigenvalue weighted by atomic mass is 79.9. The third kappa shape index (κ3) is 4.72. The number of halogens is 1. The van der Waals surface area contributed by atoms with Crippen molar-refractivity contribution in [3.63, 3.8) is 0 Å². The average Bonchev–Trinajstić information content (AvgIpc) is 2.41. The van der Waals surface area contributed by atoms with Crippen LogP contribution in [0.4, 0.5) is 0 Å². The van der Waals surface area contributed by atoms with Crippen LogP contribution in [-0.2, 0) is 4.79 Å². The van der Waals surface area contributed by atoms with E-state index >= 15 is 0 Å². The number of nitrogens with one attached hydrogen (secondary N) is 1. The van der Waals surface area contributed by atoms with E-state index in [1.54, 1.807) is 6.21 Å². The minimum atomic E-state index is -0.838. The molecule has 0 aliphatic heterocycles. The smallest absolute Gasteiger partial charge is 0.242 e. The van der Waals surface area contributed by atoms with Crippen LogP contribution in [0, 0.1) is 0 Å². The van der Waals surface area contributed by atoms with Crippen molar-refractivity contribution in [1.29, 1.82) is 0 Å². The number of hydrogen-bond acceptors (Lipinski definition) is 3. The zero-order chi connectivity index (χ0) is 14.4. The standard InChI is InChI=1S/C15H19BrN2O2/c16-13-6-4-12(5-7-13)11-17-18-14(19)10-15(20)8-2-1-3-9-15/h4-7,11,20H,1-3,8-10H2,(H,18,19)/b17-11-. The third-order valence-electron chi connectivity index (χ3n) is 3.55. The lowest BCUT2D eigenvalue weighted by molar-refractivity contribution is -0.127. The summed E-state index contributed by atoms with van der Waals surface area (Å²) in [4.78, 5) is 11.8. The molecule has 4 nitrogen and oxygen atoms in total. The molecule has 1 fully saturated rings. The van der Waals surface area contributed by atoms with Gasteiger partial charge in [-0.1, -0.05) is 47.3 Å². The van der Waals surface area contributed by atoms with Gasteiger partial charge in [-0.25, -0.2) is 5.43 Å². The predicted octanol–water partition coefficient (Wildman–Crippen LogP) is 2.98. The second kappa shape index (κ2) is 6.99. The predicted molar refractivity (Wildman–Crippen MR) is 82.5 cm³/mol. The maximum absolute atomic E-state index is 11.8. The van der Waals surface area contributed by atoms with E-state index < -0.39 is 5.60 Å². The Balaban J connectivity index is 1.81. The van der Waals surface area contributed by atoms with Crippen molar-refractivity contribution in [3.05, 3.63) is 34.3 Å². The van der Waals surface area contributed by atoms with Gasteiger partial charge in [-0.2, -0.15) is 5.10 Å². The topological polar surface area (TPSA) is 61.7 Å². The summed E-state index contributed by atoms with van der Waals surface area (Å²) in [6.07, 6.45) is 6.26. The Morgan fingerprint density at radius 2 is 1.95 bits per heavy atom. The lowest BCUT2D eigenvalue weighted by Crippen LogP contribution is -2.37. The maximum Gasteiger partial charge on any atom is 0.242 e. The van der Waals surface area contributed by atoms with Gasteiger partial charge in [0, 0.05) is 4.47 Å². The minimum absolute atomic E-state index is 0.130. The molecule has 0 unspecified atom stereocenters. The SMILES string of the molecule is O=C(CC1(O)CCCCC1)N/N=C\c1ccc(Br)cc1. The Kier molecular flexibility index (Phi) is 5.31. The van der Waals surface area contributed by atoms with Crippen LogP contribution < -0.4 is 5.43 Å². The molecule has 0 atom stereocenters. The van der Waals surface area contributed by atoms with Crippen LogP contribution in [0.15, 0.2) is 33.8 Å². The highest BCUT2D eigenvalue weighted by Gasteiger charge is 2.31. The Hall–Kier alpha value is -1.20. The molecule has 2 N–H and O–H groups in total. The van der Waals surface area contributed by atoms with Gasteiger partial charge in [0.05, 0.1) is 18.2 Å². The van der Waals surface area contributed by atoms with Gasteiger partial charge in [-0.05, 0) is 30.5 Å². The first-order chi connectivity index (χ1) is 9.57. The van der Waals surface area contributed by atoms with Crippen molar-refractivity contribution < 1.29 is 9.90 Å². The summed E-state index contributed by atoms with van der Waals surface area (Å²) in [7, 11) is 0. The van der Waals surface area contributed by atoms with Crippen molar-refractivity contribution in [2.45, 2.75) is 44.1 Å². The van der Waals surface area contributed by atoms with Crippen LogP contribution in [0.25, 0.3) is 0 Å². The van der Waals surface area contributed by atoms with Gasteiger partial charge < -0.3 is 5.11 Å². The minimum Gasteiger partial charge on any atom is -0.389 e. The van der Waals surface area contributed by atoms with Gasteiger partial charge in [0.2, 0.25) is 5.91 Å². The largest absolute Gasteiger partial charge is 0.389 e. The molecule has 5 heteroatoms. The van der Waals surface area contributed by atoms with E-state index in [-0.39, 0.29) is 12.3 Å². The molecule has 1 aromatic carbocycles. The fraction of sp³-hybridized carbons (Fsp3) is 0.467. The van der Waals surface area contributed by atoms with Crippen molar-refractivity contribution >= 4 is 28.1 Å². The van der Waals surface area contributed by atoms with E-state index in [0.717, 1.165) is 29.3 Å². The molecule has 20 heavy (non-hydrogen) atoms. The van der Waals surface area contributed by atoms with Crippen LogP contribution in [-0.4, -0.2) is 22.8 Å². The molecule has 2 rings (SSSR count). The van der Waals surface area contributed by atoms with Gasteiger partial charge >= 0.3 is 0 Å². The number of amides is 1. The molecule has 1 saturated carbocycles. The fourth-order valence-corrected chi connectivity index (χ4v) is 2.72. The summed E-state index contributed by atoms with van der Waals surface area (Å²) in [5.41, 5.74) is 2.55. The number of rotatable bonds is 4. The van der Waals surface area contributed by atoms with E-state index in [0.29, 0.717) is 12.8 Å². The molecule has 0 spiro atoms. The molecule has 0 saturated heterocycles. The number of benzene rings is 1. The molecule has 0 heterocycles. The zero-order valence-corrected chi connectivity index (χ0v) is 12.9. The molecule has 1 aromatic rings. The number of hydrazone groups is 1. The monoisotopic (exact) mass is 338 g/mol. The van der Waals surface area contributed by atoms with Gasteiger partial charge in [0.1, 0.15) is 0 Å². The summed E-state index contributed by atoms with van der Waals surface area (Å²) < 4.78 is 0.998. The molecular weight excluding hydrogens is 320 g/mol. The number of carbonyl (C=O) groups excluding carboxylic acids is 1. The molecule has 108 valence electrons. The van der Waals surface area contributed by atoms with Crippen molar-refractivity contribution in [2.24, 2.45) is 5.10 Å². The Labute approximate surface area is 127 Å². The average molecular weight is 339 g/mol. The highest BCUT2D eigenvalue weighted by Crippen LogP contribution is 2.30. The van der Waals surface area contributed by atoms with E-state index in [1.165, 1.54) is 0 Å². The first-order valence-corrected chi connectivity index (χ1v) is 7.67. The van der Waals surface area contributed by atoms with E-state index in [9.17, 15) is 9.90 Å². The van der Waals surface area contributed by atoms with Gasteiger partial charge in [-0.3, -0.25) is 4.79 Å². The summed E-state index contributed by atoms with van der Waals surface area (Å²) >= 11 is 3.36. The highest BCUT2D eigenvalue weighted by molar-refractivity contribution is 9.10. The van der Waals surface area contributed by atoms with Crippen LogP contribution in [0.3, 0.4) is 0 Å². The van der Waals surface area contributed by atoms with Gasteiger partial charge in [0.25, 0.3) is 0 Å². The van der Waals surface area contributed by atoms with Gasteiger partial charge in [0.15, 0.2) is 0 Å². The summed E-state index contributed by atoms with van der Waals surface area (Å²) in [6, 6.07) is 7.62. The summed E-state index contributed by atoms with van der Waals surface area (Å²) in [6.45, 7) is 0. The summed E-state index contributed by atoms with van der Waals surface area (Å²) in [5, 5.41) is 14.2. The molecule has 0 aromatic heterocycles. The normalized spacial score (nSPS) is 18.1. The van der Waals surface area contributed by atoms with Gasteiger partial charge in [-0.15, -0.1) is 0 Å². The fourth-order valence-electron chi connectivity index (χ4n) is 2.45. The lowest BCUT2D eigenvalue weighted by atomic mass is 9.82. The molecular formula is C15H19BrN2O2. The lowest BCUT2D eigenvalue weighted by Gasteiger charge is -2.31. The number of hydrogen-bond donors (Lipinski definition) is 2. The summed E-state index contributed by atoms with van der Waals surface area (Å²) in [5.74, 6) is -0.234. The first kappa shape index (κ1) is 15.2. The first-order valence-electron chi connectivity index (χ1n) is 6.87. The maximum atomic E-state index is 11.8. The third-order valence-corrected chi connectivity index (χ3v) is 4.08. The Morgan fingerprint density at radius 3 is 2.60 bits per heavy atom. The number of nitrogens with zero attached hydrogens (tertiary/aromatic N) is 1. The van der Waals surface area contributed by atoms with Crippen LogP contribution in [0.2, 0.25) is 0 Å². The quantitative estimate of drug-likeness (QED) is 0.654. The zero-order valence-electron chi connectivity index (χ0n) is 11.3. The second-order valence-corrected chi connectivity index (χ2v) is 6.22. The number of aliphatic hydroxyl groups is 1. The second-order valence-electron chi connectivity index (χ2n) is 5.31. The molecule has 1 amide bonds. The molecule has 0 bridgehead atoms. The van der Waals surface area contributed by atoms with Crippen LogP contribution in [0.5, 0.6) is 0 Å². The Bertz CT molecular complexity index is 479. The van der Waals surface area contributed by atoms with E-state index in [2.05, 4.69) is 26.5 Å². The van der Waals surface area contributed by atoms with Crippen molar-refractivity contribution in [3.8, 4) is 0 Å². The molecule has 1 aliphatic rings. The molecule has 1 aliphatic carbocycles.